The minimum atomic E-state index is -0.223. The van der Waals surface area contributed by atoms with Crippen LogP contribution >= 0.6 is 15.9 Å². The van der Waals surface area contributed by atoms with Crippen molar-refractivity contribution in [2.45, 2.75) is 32.8 Å². The Bertz CT molecular complexity index is 685. The maximum atomic E-state index is 12.8. The van der Waals surface area contributed by atoms with Gasteiger partial charge in [0.05, 0.1) is 11.8 Å². The number of hydrogen-bond donors (Lipinski definition) is 1. The van der Waals surface area contributed by atoms with Crippen LogP contribution in [-0.2, 0) is 14.3 Å². The molecule has 1 saturated heterocycles. The molecule has 0 radical (unpaired) electrons. The summed E-state index contributed by atoms with van der Waals surface area (Å²) in [6, 6.07) is 3.85. The van der Waals surface area contributed by atoms with Crippen LogP contribution < -0.4 is 5.32 Å². The molecule has 1 N–H and O–H groups in total. The second kappa shape index (κ2) is 4.82. The van der Waals surface area contributed by atoms with Crippen molar-refractivity contribution in [2.24, 2.45) is 23.7 Å². The Morgan fingerprint density at radius 2 is 2.05 bits per heavy atom. The third kappa shape index (κ3) is 1.87. The summed E-state index contributed by atoms with van der Waals surface area (Å²) in [6.07, 6.45) is 1.88. The molecule has 3 fully saturated rings. The van der Waals surface area contributed by atoms with Gasteiger partial charge in [0.15, 0.2) is 0 Å². The van der Waals surface area contributed by atoms with Gasteiger partial charge >= 0.3 is 5.97 Å². The van der Waals surface area contributed by atoms with Gasteiger partial charge < -0.3 is 10.1 Å². The highest BCUT2D eigenvalue weighted by atomic mass is 79.9. The minimum Gasteiger partial charge on any atom is -0.462 e. The Balaban J connectivity index is 1.59. The molecular formula is C17H18BrNO3. The molecule has 0 aromatic heterocycles. The number of benzene rings is 1. The Labute approximate surface area is 137 Å². The van der Waals surface area contributed by atoms with E-state index in [9.17, 15) is 9.59 Å². The number of carbonyl (C=O) groups is 2. The first kappa shape index (κ1) is 14.2. The molecule has 1 amide bonds. The number of anilines is 1. The monoisotopic (exact) mass is 363 g/mol. The van der Waals surface area contributed by atoms with Gasteiger partial charge in [0.1, 0.15) is 6.10 Å². The zero-order valence-electron chi connectivity index (χ0n) is 12.6. The highest BCUT2D eigenvalue weighted by molar-refractivity contribution is 9.10. The molecule has 1 aromatic rings. The molecule has 2 aliphatic carbocycles. The number of amides is 1. The number of halogens is 1. The van der Waals surface area contributed by atoms with E-state index in [2.05, 4.69) is 21.2 Å². The second-order valence-corrected chi connectivity index (χ2v) is 7.61. The molecule has 22 heavy (non-hydrogen) atoms. The van der Waals surface area contributed by atoms with Crippen LogP contribution in [0.5, 0.6) is 0 Å². The van der Waals surface area contributed by atoms with E-state index in [1.807, 2.05) is 26.0 Å². The normalized spacial score (nSPS) is 34.9. The fraction of sp³-hybridized carbons (Fsp3) is 0.529. The van der Waals surface area contributed by atoms with Crippen LogP contribution in [0.2, 0.25) is 0 Å². The standard InChI is InChI=1S/C17H18BrNO3/c1-7-8(2)12(4-3-11(7)18)19-16(20)14-9-5-10-13(6-9)22-17(21)15(10)14/h3-4,9-10,13-15H,5-6H2,1-2H3,(H,19,20). The van der Waals surface area contributed by atoms with Crippen molar-refractivity contribution >= 4 is 33.5 Å². The predicted octanol–water partition coefficient (Wildman–Crippen LogP) is 3.20. The third-order valence-electron chi connectivity index (χ3n) is 5.76. The van der Waals surface area contributed by atoms with Crippen LogP contribution in [0.25, 0.3) is 0 Å². The molecule has 5 atom stereocenters. The molecule has 3 aliphatic rings. The van der Waals surface area contributed by atoms with Crippen molar-refractivity contribution < 1.29 is 14.3 Å². The summed E-state index contributed by atoms with van der Waals surface area (Å²) in [5.41, 5.74) is 3.00. The van der Waals surface area contributed by atoms with Gasteiger partial charge in [-0.3, -0.25) is 9.59 Å². The minimum absolute atomic E-state index is 0.0281. The van der Waals surface area contributed by atoms with Crippen LogP contribution in [0.15, 0.2) is 16.6 Å². The summed E-state index contributed by atoms with van der Waals surface area (Å²) in [6.45, 7) is 4.02. The van der Waals surface area contributed by atoms with E-state index < -0.39 is 0 Å². The smallest absolute Gasteiger partial charge is 0.310 e. The zero-order chi connectivity index (χ0) is 15.6. The van der Waals surface area contributed by atoms with Crippen LogP contribution in [-0.4, -0.2) is 18.0 Å². The Kier molecular flexibility index (Phi) is 3.12. The lowest BCUT2D eigenvalue weighted by Gasteiger charge is -2.24. The van der Waals surface area contributed by atoms with E-state index in [1.165, 1.54) is 0 Å². The summed E-state index contributed by atoms with van der Waals surface area (Å²) in [5, 5.41) is 3.04. The lowest BCUT2D eigenvalue weighted by molar-refractivity contribution is -0.145. The summed E-state index contributed by atoms with van der Waals surface area (Å²) >= 11 is 3.50. The maximum Gasteiger partial charge on any atom is 0.310 e. The Morgan fingerprint density at radius 3 is 2.82 bits per heavy atom. The zero-order valence-corrected chi connectivity index (χ0v) is 14.1. The summed E-state index contributed by atoms with van der Waals surface area (Å²) < 4.78 is 6.44. The van der Waals surface area contributed by atoms with Crippen LogP contribution in [0.3, 0.4) is 0 Å². The largest absolute Gasteiger partial charge is 0.462 e. The van der Waals surface area contributed by atoms with E-state index in [0.717, 1.165) is 34.1 Å². The predicted molar refractivity (Wildman–Crippen MR) is 85.3 cm³/mol. The number of fused-ring (bicyclic) bond motifs is 1. The molecule has 116 valence electrons. The molecular weight excluding hydrogens is 346 g/mol. The van der Waals surface area contributed by atoms with Gasteiger partial charge in [-0.2, -0.15) is 0 Å². The van der Waals surface area contributed by atoms with Crippen molar-refractivity contribution in [1.82, 2.24) is 0 Å². The van der Waals surface area contributed by atoms with Crippen LogP contribution in [0.4, 0.5) is 5.69 Å². The van der Waals surface area contributed by atoms with E-state index in [0.29, 0.717) is 5.92 Å². The third-order valence-corrected chi connectivity index (χ3v) is 6.62. The van der Waals surface area contributed by atoms with Crippen molar-refractivity contribution in [3.63, 3.8) is 0 Å². The average Bonchev–Trinajstić information content (AvgIpc) is 3.09. The second-order valence-electron chi connectivity index (χ2n) is 6.76. The molecule has 4 nitrogen and oxygen atoms in total. The molecule has 4 rings (SSSR count). The van der Waals surface area contributed by atoms with Crippen molar-refractivity contribution in [1.29, 1.82) is 0 Å². The number of hydrogen-bond acceptors (Lipinski definition) is 3. The lowest BCUT2D eigenvalue weighted by atomic mass is 9.79. The highest BCUT2D eigenvalue weighted by Gasteiger charge is 2.63. The number of ether oxygens (including phenoxy) is 1. The molecule has 1 aromatic carbocycles. The average molecular weight is 364 g/mol. The first-order chi connectivity index (χ1) is 10.5. The van der Waals surface area contributed by atoms with Gasteiger partial charge in [0.2, 0.25) is 5.91 Å². The number of esters is 1. The Hall–Kier alpha value is -1.36. The van der Waals surface area contributed by atoms with E-state index in [1.54, 1.807) is 0 Å². The first-order valence-corrected chi connectivity index (χ1v) is 8.53. The maximum absolute atomic E-state index is 12.8. The van der Waals surface area contributed by atoms with E-state index in [-0.39, 0.29) is 35.7 Å². The molecule has 5 unspecified atom stereocenters. The van der Waals surface area contributed by atoms with Crippen molar-refractivity contribution in [3.8, 4) is 0 Å². The van der Waals surface area contributed by atoms with Gasteiger partial charge in [-0.15, -0.1) is 0 Å². The lowest BCUT2D eigenvalue weighted by Crippen LogP contribution is -2.36. The van der Waals surface area contributed by atoms with Crippen LogP contribution in [0.1, 0.15) is 24.0 Å². The van der Waals surface area contributed by atoms with Gasteiger partial charge in [-0.05, 0) is 55.9 Å². The molecule has 1 aliphatic heterocycles. The summed E-state index contributed by atoms with van der Waals surface area (Å²) in [7, 11) is 0. The first-order valence-electron chi connectivity index (χ1n) is 7.74. The number of nitrogens with one attached hydrogen (secondary N) is 1. The van der Waals surface area contributed by atoms with Gasteiger partial charge in [0.25, 0.3) is 0 Å². The fourth-order valence-corrected chi connectivity index (χ4v) is 4.93. The number of carbonyl (C=O) groups excluding carboxylic acids is 2. The summed E-state index contributed by atoms with van der Waals surface area (Å²) in [4.78, 5) is 24.8. The Morgan fingerprint density at radius 1 is 1.27 bits per heavy atom. The highest BCUT2D eigenvalue weighted by Crippen LogP contribution is 2.57. The van der Waals surface area contributed by atoms with Gasteiger partial charge in [-0.25, -0.2) is 0 Å². The molecule has 5 heteroatoms. The fourth-order valence-electron chi connectivity index (χ4n) is 4.50. The van der Waals surface area contributed by atoms with Crippen molar-refractivity contribution in [3.05, 3.63) is 27.7 Å². The molecule has 0 spiro atoms. The van der Waals surface area contributed by atoms with Crippen molar-refractivity contribution in [2.75, 3.05) is 5.32 Å². The molecule has 2 bridgehead atoms. The van der Waals surface area contributed by atoms with Crippen LogP contribution in [0, 0.1) is 37.5 Å². The topological polar surface area (TPSA) is 55.4 Å². The molecule has 1 heterocycles. The van der Waals surface area contributed by atoms with Gasteiger partial charge in [-0.1, -0.05) is 15.9 Å². The molecule has 2 saturated carbocycles. The number of rotatable bonds is 2. The van der Waals surface area contributed by atoms with E-state index in [4.69, 9.17) is 4.74 Å². The summed E-state index contributed by atoms with van der Waals surface area (Å²) in [5.74, 6) is -0.0806. The van der Waals surface area contributed by atoms with Gasteiger partial charge in [0, 0.05) is 16.1 Å². The van der Waals surface area contributed by atoms with E-state index >= 15 is 0 Å². The quantitative estimate of drug-likeness (QED) is 0.820. The SMILES string of the molecule is Cc1c(Br)ccc(NC(=O)C2C3CC4OC(=O)C2C4C3)c1C.